The fourth-order valence-electron chi connectivity index (χ4n) is 1.99. The van der Waals surface area contributed by atoms with Gasteiger partial charge in [-0.1, -0.05) is 0 Å². The van der Waals surface area contributed by atoms with Crippen LogP contribution in [-0.2, 0) is 4.79 Å². The number of halogens is 3. The van der Waals surface area contributed by atoms with Gasteiger partial charge in [-0.15, -0.1) is 0 Å². The molecule has 0 aromatic heterocycles. The van der Waals surface area contributed by atoms with E-state index in [1.54, 1.807) is 0 Å². The first-order valence-electron chi connectivity index (χ1n) is 5.77. The number of rotatable bonds is 5. The Morgan fingerprint density at radius 2 is 2.05 bits per heavy atom. The van der Waals surface area contributed by atoms with Crippen molar-refractivity contribution in [3.63, 3.8) is 0 Å². The largest absolute Gasteiger partial charge is 0.395 e. The molecule has 1 aliphatic heterocycles. The number of aliphatic hydroxyl groups is 1. The summed E-state index contributed by atoms with van der Waals surface area (Å²) < 4.78 is 25.5. The Morgan fingerprint density at radius 3 is 2.65 bits per heavy atom. The van der Waals surface area contributed by atoms with Crippen LogP contribution in [0.25, 0.3) is 0 Å². The lowest BCUT2D eigenvalue weighted by molar-refractivity contribution is -0.112. The Kier molecular flexibility index (Phi) is 4.34. The molecule has 2 N–H and O–H groups in total. The number of carbonyl (C=O) groups excluding carboxylic acids is 2. The van der Waals surface area contributed by atoms with Crippen LogP contribution in [0.5, 0.6) is 0 Å². The van der Waals surface area contributed by atoms with Crippen LogP contribution < -0.4 is 10.2 Å². The lowest BCUT2D eigenvalue weighted by atomic mass is 10.1. The number of hydrogen-bond acceptors (Lipinski definition) is 4. The van der Waals surface area contributed by atoms with Gasteiger partial charge in [-0.05, 0) is 28.1 Å². The van der Waals surface area contributed by atoms with Gasteiger partial charge in [0.2, 0.25) is 0 Å². The highest BCUT2D eigenvalue weighted by Crippen LogP contribution is 2.35. The Labute approximate surface area is 121 Å². The molecule has 0 aliphatic carbocycles. The summed E-state index contributed by atoms with van der Waals surface area (Å²) in [6, 6.07) is 2.86. The molecular weight excluding hydrogens is 338 g/mol. The van der Waals surface area contributed by atoms with Crippen molar-refractivity contribution in [3.8, 4) is 0 Å². The summed E-state index contributed by atoms with van der Waals surface area (Å²) in [6.45, 7) is -0.828. The Balaban J connectivity index is 2.39. The van der Waals surface area contributed by atoms with Gasteiger partial charge in [-0.2, -0.15) is 0 Å². The predicted molar refractivity (Wildman–Crippen MR) is 72.4 cm³/mol. The fraction of sp³-hybridized carbons (Fsp3) is 0.333. The second-order valence-corrected chi connectivity index (χ2v) is 5.05. The number of fused-ring (bicyclic) bond motifs is 1. The smallest absolute Gasteiger partial charge is 0.296 e. The summed E-state index contributed by atoms with van der Waals surface area (Å²) in [5, 5.41) is 11.3. The van der Waals surface area contributed by atoms with E-state index in [4.69, 9.17) is 5.11 Å². The molecule has 0 spiro atoms. The predicted octanol–water partition coefficient (Wildman–Crippen LogP) is 1.65. The van der Waals surface area contributed by atoms with E-state index in [1.165, 1.54) is 17.0 Å². The van der Waals surface area contributed by atoms with E-state index < -0.39 is 24.7 Å². The van der Waals surface area contributed by atoms with E-state index in [9.17, 15) is 18.4 Å². The number of carbonyl (C=O) groups is 2. The van der Waals surface area contributed by atoms with Gasteiger partial charge in [0.25, 0.3) is 18.1 Å². The zero-order valence-corrected chi connectivity index (χ0v) is 11.8. The Morgan fingerprint density at radius 1 is 1.35 bits per heavy atom. The molecule has 0 unspecified atom stereocenters. The van der Waals surface area contributed by atoms with Crippen molar-refractivity contribution in [2.75, 3.05) is 29.9 Å². The first-order valence-corrected chi connectivity index (χ1v) is 6.56. The van der Waals surface area contributed by atoms with E-state index in [1.807, 2.05) is 0 Å². The lowest BCUT2D eigenvalue weighted by Crippen LogP contribution is -2.31. The minimum atomic E-state index is -2.57. The third kappa shape index (κ3) is 2.80. The minimum Gasteiger partial charge on any atom is -0.395 e. The molecule has 8 heteroatoms. The second kappa shape index (κ2) is 5.84. The van der Waals surface area contributed by atoms with Gasteiger partial charge < -0.3 is 15.3 Å². The number of aliphatic hydroxyl groups excluding tert-OH is 1. The molecule has 1 aromatic carbocycles. The van der Waals surface area contributed by atoms with Gasteiger partial charge >= 0.3 is 0 Å². The highest BCUT2D eigenvalue weighted by Gasteiger charge is 2.30. The number of nitrogens with one attached hydrogen (secondary N) is 1. The molecule has 0 atom stereocenters. The van der Waals surface area contributed by atoms with Gasteiger partial charge in [-0.3, -0.25) is 9.59 Å². The van der Waals surface area contributed by atoms with Crippen molar-refractivity contribution in [2.24, 2.45) is 0 Å². The van der Waals surface area contributed by atoms with Crippen LogP contribution in [0.15, 0.2) is 16.6 Å². The summed E-state index contributed by atoms with van der Waals surface area (Å²) in [5.74, 6) is -1.40. The van der Waals surface area contributed by atoms with Gasteiger partial charge in [0.05, 0.1) is 30.1 Å². The molecule has 1 heterocycles. The zero-order valence-electron chi connectivity index (χ0n) is 10.2. The first kappa shape index (κ1) is 14.9. The molecule has 1 aromatic rings. The van der Waals surface area contributed by atoms with Crippen LogP contribution in [-0.4, -0.2) is 42.9 Å². The third-order valence-electron chi connectivity index (χ3n) is 2.86. The molecule has 1 aliphatic rings. The zero-order chi connectivity index (χ0) is 14.9. The molecule has 2 rings (SSSR count). The Hall–Kier alpha value is -1.54. The number of nitrogens with zero attached hydrogens (tertiary/aromatic N) is 1. The van der Waals surface area contributed by atoms with Crippen LogP contribution in [0, 0.1) is 0 Å². The number of Topliss-reactive ketones (excluding diaryl/α,β-unsaturated/α-hetero) is 1. The molecule has 0 saturated heterocycles. The average molecular weight is 349 g/mol. The second-order valence-electron chi connectivity index (χ2n) is 4.19. The van der Waals surface area contributed by atoms with Crippen molar-refractivity contribution in [1.29, 1.82) is 0 Å². The summed E-state index contributed by atoms with van der Waals surface area (Å²) in [4.78, 5) is 24.1. The number of ketones is 1. The van der Waals surface area contributed by atoms with Crippen molar-refractivity contribution in [1.82, 2.24) is 0 Å². The summed E-state index contributed by atoms with van der Waals surface area (Å²) in [7, 11) is 0. The third-order valence-corrected chi connectivity index (χ3v) is 3.49. The molecule has 1 amide bonds. The van der Waals surface area contributed by atoms with E-state index in [-0.39, 0.29) is 24.4 Å². The van der Waals surface area contributed by atoms with Gasteiger partial charge in [-0.25, -0.2) is 8.78 Å². The fourth-order valence-corrected chi connectivity index (χ4v) is 2.59. The van der Waals surface area contributed by atoms with E-state index >= 15 is 0 Å². The van der Waals surface area contributed by atoms with E-state index in [0.717, 1.165) is 0 Å². The van der Waals surface area contributed by atoms with Gasteiger partial charge in [0.1, 0.15) is 0 Å². The number of hydrogen-bond donors (Lipinski definition) is 2. The molecule has 0 saturated carbocycles. The molecule has 20 heavy (non-hydrogen) atoms. The lowest BCUT2D eigenvalue weighted by Gasteiger charge is -2.25. The summed E-state index contributed by atoms with van der Waals surface area (Å²) in [5.41, 5.74) is 0.870. The van der Waals surface area contributed by atoms with E-state index in [2.05, 4.69) is 21.2 Å². The molecule has 0 fully saturated rings. The molecule has 108 valence electrons. The maximum absolute atomic E-state index is 12.6. The molecule has 0 radical (unpaired) electrons. The summed E-state index contributed by atoms with van der Waals surface area (Å²) in [6.07, 6.45) is -2.57. The molecule has 0 bridgehead atoms. The van der Waals surface area contributed by atoms with Crippen molar-refractivity contribution < 1.29 is 23.5 Å². The highest BCUT2D eigenvalue weighted by molar-refractivity contribution is 9.10. The quantitative estimate of drug-likeness (QED) is 0.794. The maximum Gasteiger partial charge on any atom is 0.296 e. The number of amides is 1. The van der Waals surface area contributed by atoms with Crippen LogP contribution in [0.1, 0.15) is 10.4 Å². The van der Waals surface area contributed by atoms with Crippen LogP contribution in [0.3, 0.4) is 0 Å². The minimum absolute atomic E-state index is 0.0175. The topological polar surface area (TPSA) is 69.6 Å². The standard InChI is InChI=1S/C12H11BrF2N2O3/c13-7-3-6-8(16-12(20)11(6)19)4-9(7)17(1-2-18)5-10(14)15/h3-4,10,18H,1-2,5H2,(H,16,19,20). The maximum atomic E-state index is 12.6. The molecule has 5 nitrogen and oxygen atoms in total. The van der Waals surface area contributed by atoms with Crippen LogP contribution in [0.4, 0.5) is 20.2 Å². The van der Waals surface area contributed by atoms with Crippen molar-refractivity contribution >= 4 is 39.0 Å². The first-order chi connectivity index (χ1) is 9.43. The van der Waals surface area contributed by atoms with Gasteiger partial charge in [0, 0.05) is 11.0 Å². The van der Waals surface area contributed by atoms with Crippen molar-refractivity contribution in [3.05, 3.63) is 22.2 Å². The molecular formula is C12H11BrF2N2O3. The SMILES string of the molecule is O=C1Nc2cc(N(CCO)CC(F)F)c(Br)cc2C1=O. The number of anilines is 2. The van der Waals surface area contributed by atoms with Crippen LogP contribution in [0.2, 0.25) is 0 Å². The monoisotopic (exact) mass is 348 g/mol. The Bertz CT molecular complexity index is 566. The number of alkyl halides is 2. The summed E-state index contributed by atoms with van der Waals surface area (Å²) >= 11 is 3.20. The normalized spacial score (nSPS) is 13.7. The van der Waals surface area contributed by atoms with Crippen molar-refractivity contribution in [2.45, 2.75) is 6.43 Å². The van der Waals surface area contributed by atoms with Crippen LogP contribution >= 0.6 is 15.9 Å². The van der Waals surface area contributed by atoms with Gasteiger partial charge in [0.15, 0.2) is 0 Å². The van der Waals surface area contributed by atoms with E-state index in [0.29, 0.717) is 10.2 Å². The number of benzene rings is 1. The average Bonchev–Trinajstić information content (AvgIpc) is 2.64. The highest BCUT2D eigenvalue weighted by atomic mass is 79.9.